The highest BCUT2D eigenvalue weighted by molar-refractivity contribution is 5.71. The summed E-state index contributed by atoms with van der Waals surface area (Å²) < 4.78 is 30.6. The van der Waals surface area contributed by atoms with Crippen molar-refractivity contribution >= 4 is 29.8 Å². The van der Waals surface area contributed by atoms with E-state index in [0.29, 0.717) is 36.0 Å². The number of rotatable bonds is 9. The van der Waals surface area contributed by atoms with Crippen molar-refractivity contribution in [3.05, 3.63) is 59.2 Å². The monoisotopic (exact) mass is 695 g/mol. The summed E-state index contributed by atoms with van der Waals surface area (Å²) in [6.07, 6.45) is -3.36. The molecule has 0 spiro atoms. The predicted molar refractivity (Wildman–Crippen MR) is 184 cm³/mol. The minimum atomic E-state index is -1.06. The van der Waals surface area contributed by atoms with Crippen molar-refractivity contribution in [2.24, 2.45) is 22.7 Å². The zero-order valence-electron chi connectivity index (χ0n) is 31.1. The van der Waals surface area contributed by atoms with Crippen molar-refractivity contribution in [1.82, 2.24) is 4.90 Å². The number of esters is 5. The SMILES string of the molecule is C=C1[C@@H](OC(=O)CC(c2ccccc2)N(C)C)CC[C@@]2(C)[C@@H](OC(C)=O)[C@H](OC(C)=O)C3=C(C)[C@@H](OC(C)=O)C[C@@H]([C@@H](OC(C)=O)[C@H]12)C3(C)C. The van der Waals surface area contributed by atoms with Crippen molar-refractivity contribution in [2.75, 3.05) is 14.1 Å². The molecule has 0 heterocycles. The normalized spacial score (nSPS) is 30.9. The Morgan fingerprint density at radius 2 is 1.42 bits per heavy atom. The Morgan fingerprint density at radius 3 is 1.96 bits per heavy atom. The molecule has 0 saturated heterocycles. The van der Waals surface area contributed by atoms with Gasteiger partial charge >= 0.3 is 29.8 Å². The van der Waals surface area contributed by atoms with Gasteiger partial charge in [-0.2, -0.15) is 0 Å². The molecule has 1 unspecified atom stereocenters. The van der Waals surface area contributed by atoms with Crippen LogP contribution in [0.1, 0.15) is 92.7 Å². The molecule has 1 aromatic carbocycles. The highest BCUT2D eigenvalue weighted by Gasteiger charge is 2.64. The van der Waals surface area contributed by atoms with Gasteiger partial charge in [0.25, 0.3) is 0 Å². The van der Waals surface area contributed by atoms with Crippen LogP contribution < -0.4 is 0 Å². The summed E-state index contributed by atoms with van der Waals surface area (Å²) in [6.45, 7) is 17.4. The molecule has 3 aliphatic carbocycles. The van der Waals surface area contributed by atoms with Gasteiger partial charge in [-0.05, 0) is 68.0 Å². The zero-order chi connectivity index (χ0) is 37.3. The van der Waals surface area contributed by atoms with Crippen LogP contribution in [0.15, 0.2) is 53.6 Å². The number of fused-ring (bicyclic) bond motifs is 3. The van der Waals surface area contributed by atoms with Crippen molar-refractivity contribution < 1.29 is 47.7 Å². The van der Waals surface area contributed by atoms with E-state index >= 15 is 0 Å². The number of carbonyl (C=O) groups is 5. The van der Waals surface area contributed by atoms with Crippen LogP contribution >= 0.6 is 0 Å². The molecular formula is C39H53NO10. The number of nitrogens with zero attached hydrogens (tertiary/aromatic N) is 1. The second-order valence-corrected chi connectivity index (χ2v) is 15.1. The van der Waals surface area contributed by atoms with Gasteiger partial charge < -0.3 is 28.6 Å². The molecule has 1 aromatic rings. The van der Waals surface area contributed by atoms with Crippen LogP contribution in [-0.4, -0.2) is 79.4 Å². The maximum Gasteiger partial charge on any atom is 0.308 e. The van der Waals surface area contributed by atoms with Crippen molar-refractivity contribution in [1.29, 1.82) is 0 Å². The topological polar surface area (TPSA) is 135 Å². The standard InChI is InChI=1S/C39H53NO10/c1-21-30(50-32(45)20-29(40(10)11)27-15-13-12-14-16-27)17-18-39(9)34(21)35(47-24(4)42)28-19-31(46-23(3)41)22(2)33(38(28,7)8)36(48-25(5)43)37(39)49-26(6)44/h12-16,28-31,34-37H,1,17-20H2,2-11H3/t28-,29?,30-,31-,34-,35+,36+,37-,39+/m0/s1. The Morgan fingerprint density at radius 1 is 0.840 bits per heavy atom. The summed E-state index contributed by atoms with van der Waals surface area (Å²) in [4.78, 5) is 66.6. The maximum absolute atomic E-state index is 13.7. The smallest absolute Gasteiger partial charge is 0.308 e. The lowest BCUT2D eigenvalue weighted by Crippen LogP contribution is -2.64. The van der Waals surface area contributed by atoms with Crippen LogP contribution in [0, 0.1) is 22.7 Å². The van der Waals surface area contributed by atoms with Crippen LogP contribution in [0.4, 0.5) is 0 Å². The third-order valence-corrected chi connectivity index (χ3v) is 11.0. The predicted octanol–water partition coefficient (Wildman–Crippen LogP) is 5.67. The quantitative estimate of drug-likeness (QED) is 0.180. The van der Waals surface area contributed by atoms with Crippen LogP contribution in [0.2, 0.25) is 0 Å². The van der Waals surface area contributed by atoms with Gasteiger partial charge in [-0.3, -0.25) is 24.0 Å². The van der Waals surface area contributed by atoms with E-state index in [-0.39, 0.29) is 12.5 Å². The van der Waals surface area contributed by atoms with Crippen LogP contribution in [0.5, 0.6) is 0 Å². The van der Waals surface area contributed by atoms with Crippen LogP contribution in [-0.2, 0) is 47.7 Å². The summed E-state index contributed by atoms with van der Waals surface area (Å²) in [5.41, 5.74) is 0.987. The van der Waals surface area contributed by atoms with Gasteiger partial charge in [0.2, 0.25) is 0 Å². The molecule has 11 nitrogen and oxygen atoms in total. The summed E-state index contributed by atoms with van der Waals surface area (Å²) in [5.74, 6) is -3.82. The second-order valence-electron chi connectivity index (χ2n) is 15.1. The minimum Gasteiger partial charge on any atom is -0.462 e. The highest BCUT2D eigenvalue weighted by Crippen LogP contribution is 2.61. The lowest BCUT2D eigenvalue weighted by atomic mass is 9.49. The van der Waals surface area contributed by atoms with Gasteiger partial charge in [0, 0.05) is 51.0 Å². The first-order chi connectivity index (χ1) is 23.3. The molecule has 9 atom stereocenters. The number of benzene rings is 1. The number of carbonyl (C=O) groups excluding carboxylic acids is 5. The first-order valence-corrected chi connectivity index (χ1v) is 17.3. The number of ether oxygens (including phenoxy) is 5. The summed E-state index contributed by atoms with van der Waals surface area (Å²) in [5, 5.41) is 0. The third-order valence-electron chi connectivity index (χ3n) is 11.0. The van der Waals surface area contributed by atoms with Crippen molar-refractivity contribution in [3.8, 4) is 0 Å². The molecular weight excluding hydrogens is 642 g/mol. The molecule has 2 fully saturated rings. The van der Waals surface area contributed by atoms with E-state index in [2.05, 4.69) is 6.58 Å². The Kier molecular flexibility index (Phi) is 11.7. The fourth-order valence-corrected chi connectivity index (χ4v) is 8.89. The summed E-state index contributed by atoms with van der Waals surface area (Å²) in [7, 11) is 3.81. The molecule has 274 valence electrons. The van der Waals surface area contributed by atoms with E-state index in [0.717, 1.165) is 5.56 Å². The second kappa shape index (κ2) is 15.1. The van der Waals surface area contributed by atoms with Crippen molar-refractivity contribution in [2.45, 2.75) is 118 Å². The van der Waals surface area contributed by atoms with Gasteiger partial charge in [0.05, 0.1) is 6.42 Å². The third kappa shape index (κ3) is 7.82. The maximum atomic E-state index is 13.7. The molecule has 0 aromatic heterocycles. The minimum absolute atomic E-state index is 0.0911. The lowest BCUT2D eigenvalue weighted by molar-refractivity contribution is -0.205. The number of hydrogen-bond donors (Lipinski definition) is 0. The van der Waals surface area contributed by atoms with E-state index < -0.39 is 83.0 Å². The Hall–Kier alpha value is -3.99. The van der Waals surface area contributed by atoms with Crippen LogP contribution in [0.25, 0.3) is 0 Å². The number of hydrogen-bond acceptors (Lipinski definition) is 11. The van der Waals surface area contributed by atoms with E-state index in [9.17, 15) is 24.0 Å². The molecule has 0 aliphatic heterocycles. The van der Waals surface area contributed by atoms with Crippen LogP contribution in [0.3, 0.4) is 0 Å². The Balaban J connectivity index is 1.87. The fraction of sp³-hybridized carbons (Fsp3) is 0.615. The molecule has 0 radical (unpaired) electrons. The molecule has 2 saturated carbocycles. The average molecular weight is 696 g/mol. The van der Waals surface area contributed by atoms with Gasteiger partial charge in [-0.15, -0.1) is 0 Å². The van der Waals surface area contributed by atoms with Gasteiger partial charge in [0.1, 0.15) is 24.4 Å². The largest absolute Gasteiger partial charge is 0.462 e. The van der Waals surface area contributed by atoms with Gasteiger partial charge in [0.15, 0.2) is 6.10 Å². The molecule has 11 heteroatoms. The molecule has 50 heavy (non-hydrogen) atoms. The summed E-state index contributed by atoms with van der Waals surface area (Å²) in [6, 6.07) is 9.48. The average Bonchev–Trinajstić information content (AvgIpc) is 2.99. The fourth-order valence-electron chi connectivity index (χ4n) is 8.89. The molecule has 0 N–H and O–H groups in total. The Bertz CT molecular complexity index is 1530. The molecule has 2 bridgehead atoms. The van der Waals surface area contributed by atoms with E-state index in [1.807, 2.05) is 77.0 Å². The zero-order valence-corrected chi connectivity index (χ0v) is 31.1. The van der Waals surface area contributed by atoms with Gasteiger partial charge in [-0.25, -0.2) is 0 Å². The van der Waals surface area contributed by atoms with E-state index in [4.69, 9.17) is 23.7 Å². The summed E-state index contributed by atoms with van der Waals surface area (Å²) >= 11 is 0. The highest BCUT2D eigenvalue weighted by atomic mass is 16.6. The first kappa shape index (κ1) is 38.8. The van der Waals surface area contributed by atoms with Crippen molar-refractivity contribution in [3.63, 3.8) is 0 Å². The Labute approximate surface area is 295 Å². The first-order valence-electron chi connectivity index (χ1n) is 17.3. The van der Waals surface area contributed by atoms with E-state index in [1.165, 1.54) is 27.7 Å². The van der Waals surface area contributed by atoms with Gasteiger partial charge in [-0.1, -0.05) is 57.7 Å². The molecule has 4 rings (SSSR count). The van der Waals surface area contributed by atoms with E-state index in [1.54, 1.807) is 0 Å². The molecule has 0 amide bonds. The lowest BCUT2D eigenvalue weighted by Gasteiger charge is -2.60. The molecule has 3 aliphatic rings.